The number of hydrogen-bond acceptors (Lipinski definition) is 9. The second kappa shape index (κ2) is 9.72. The average Bonchev–Trinajstić information content (AvgIpc) is 3.40. The summed E-state index contributed by atoms with van der Waals surface area (Å²) < 4.78 is 5.45. The number of ether oxygens (including phenoxy) is 1. The van der Waals surface area contributed by atoms with Crippen LogP contribution in [0.15, 0.2) is 40.4 Å². The molecule has 0 aliphatic carbocycles. The lowest BCUT2D eigenvalue weighted by Gasteiger charge is -2.04. The van der Waals surface area contributed by atoms with Crippen molar-refractivity contribution in [1.82, 2.24) is 10.2 Å². The van der Waals surface area contributed by atoms with E-state index in [0.29, 0.717) is 46.9 Å². The molecule has 28 heavy (non-hydrogen) atoms. The van der Waals surface area contributed by atoms with Crippen molar-refractivity contribution in [2.75, 3.05) is 25.0 Å². The summed E-state index contributed by atoms with van der Waals surface area (Å²) >= 11 is 1.27. The van der Waals surface area contributed by atoms with Crippen LogP contribution in [0.5, 0.6) is 0 Å². The Hall–Kier alpha value is -3.11. The Kier molecular flexibility index (Phi) is 6.82. The quantitative estimate of drug-likeness (QED) is 0.267. The molecule has 1 aromatic carbocycles. The minimum Gasteiger partial charge on any atom is -0.490 e. The van der Waals surface area contributed by atoms with Gasteiger partial charge < -0.3 is 16.3 Å². The number of benzene rings is 1. The summed E-state index contributed by atoms with van der Waals surface area (Å²) in [4.78, 5) is 16.7. The largest absolute Gasteiger partial charge is 0.490 e. The summed E-state index contributed by atoms with van der Waals surface area (Å²) in [5, 5.41) is 15.6. The first kappa shape index (κ1) is 19.6. The van der Waals surface area contributed by atoms with Crippen LogP contribution in [0.4, 0.5) is 5.13 Å². The van der Waals surface area contributed by atoms with E-state index in [4.69, 9.17) is 16.3 Å². The summed E-state index contributed by atoms with van der Waals surface area (Å²) in [6.45, 7) is 1.84. The molecule has 1 amide bonds. The second-order valence-corrected chi connectivity index (χ2v) is 6.82. The molecule has 0 spiro atoms. The Balaban J connectivity index is 1.62. The molecule has 146 valence electrons. The molecule has 2 aromatic rings. The zero-order valence-corrected chi connectivity index (χ0v) is 16.0. The highest BCUT2D eigenvalue weighted by Gasteiger charge is 2.16. The van der Waals surface area contributed by atoms with Gasteiger partial charge in [-0.3, -0.25) is 15.1 Å². The third kappa shape index (κ3) is 4.99. The van der Waals surface area contributed by atoms with Crippen molar-refractivity contribution in [2.24, 2.45) is 21.7 Å². The van der Waals surface area contributed by atoms with Crippen LogP contribution >= 0.6 is 11.3 Å². The molecule has 5 N–H and O–H groups in total. The van der Waals surface area contributed by atoms with E-state index in [-0.39, 0.29) is 5.91 Å². The van der Waals surface area contributed by atoms with Crippen LogP contribution in [0.2, 0.25) is 0 Å². The summed E-state index contributed by atoms with van der Waals surface area (Å²) in [5.41, 5.74) is 7.21. The summed E-state index contributed by atoms with van der Waals surface area (Å²) in [7, 11) is 0. The van der Waals surface area contributed by atoms with Gasteiger partial charge in [0.25, 0.3) is 5.91 Å². The standard InChI is InChI=1S/C18H21N7O2S/c19-8-2-9-21-11-14(23-20)12-4-6-13(7-5-12)16(26)22-18-25-24-17(28-18)15-3-1-10-27-15/h3-7,11H,1-2,8-10,19-20H2,(H,22,25,26). The van der Waals surface area contributed by atoms with Crippen molar-refractivity contribution in [3.63, 3.8) is 0 Å². The lowest BCUT2D eigenvalue weighted by molar-refractivity contribution is 0.102. The number of carbonyl (C=O) groups is 1. The molecule has 9 nitrogen and oxygen atoms in total. The molecule has 0 radical (unpaired) electrons. The SMILES string of the molecule is NCCCN=CC(=NN)c1ccc(C(=O)Nc2nnc(C3=CCCO3)s2)cc1. The number of aromatic nitrogens is 2. The van der Waals surface area contributed by atoms with Crippen molar-refractivity contribution in [1.29, 1.82) is 0 Å². The van der Waals surface area contributed by atoms with E-state index in [0.717, 1.165) is 18.4 Å². The smallest absolute Gasteiger partial charge is 0.257 e. The third-order valence-electron chi connectivity index (χ3n) is 3.85. The van der Waals surface area contributed by atoms with E-state index in [2.05, 4.69) is 25.6 Å². The Morgan fingerprint density at radius 1 is 1.29 bits per heavy atom. The highest BCUT2D eigenvalue weighted by atomic mass is 32.1. The van der Waals surface area contributed by atoms with Gasteiger partial charge in [-0.15, -0.1) is 10.2 Å². The molecule has 1 aliphatic rings. The lowest BCUT2D eigenvalue weighted by Crippen LogP contribution is -2.12. The molecular weight excluding hydrogens is 378 g/mol. The van der Waals surface area contributed by atoms with Crippen LogP contribution in [0, 0.1) is 0 Å². The summed E-state index contributed by atoms with van der Waals surface area (Å²) in [6.07, 6.45) is 5.22. The van der Waals surface area contributed by atoms with E-state index >= 15 is 0 Å². The Labute approximate surface area is 166 Å². The topological polar surface area (TPSA) is 141 Å². The Bertz CT molecular complexity index is 903. The van der Waals surface area contributed by atoms with Crippen molar-refractivity contribution >= 4 is 40.1 Å². The molecule has 0 saturated heterocycles. The van der Waals surface area contributed by atoms with Crippen LogP contribution in [-0.4, -0.2) is 47.7 Å². The van der Waals surface area contributed by atoms with Gasteiger partial charge in [-0.2, -0.15) is 5.10 Å². The van der Waals surface area contributed by atoms with Crippen molar-refractivity contribution < 1.29 is 9.53 Å². The normalized spacial score (nSPS) is 14.2. The fourth-order valence-corrected chi connectivity index (χ4v) is 3.15. The number of carbonyl (C=O) groups excluding carboxylic acids is 1. The van der Waals surface area contributed by atoms with E-state index in [1.807, 2.05) is 6.08 Å². The number of nitrogens with one attached hydrogen (secondary N) is 1. The van der Waals surface area contributed by atoms with E-state index in [1.165, 1.54) is 11.3 Å². The van der Waals surface area contributed by atoms with E-state index in [1.54, 1.807) is 30.5 Å². The van der Waals surface area contributed by atoms with Crippen LogP contribution in [0.3, 0.4) is 0 Å². The van der Waals surface area contributed by atoms with Gasteiger partial charge in [0.2, 0.25) is 5.13 Å². The van der Waals surface area contributed by atoms with Crippen molar-refractivity contribution in [3.8, 4) is 0 Å². The highest BCUT2D eigenvalue weighted by Crippen LogP contribution is 2.27. The molecule has 1 aromatic heterocycles. The van der Waals surface area contributed by atoms with Crippen molar-refractivity contribution in [3.05, 3.63) is 46.5 Å². The number of rotatable bonds is 8. The second-order valence-electron chi connectivity index (χ2n) is 5.84. The first-order valence-corrected chi connectivity index (χ1v) is 9.59. The fraction of sp³-hybridized carbons (Fsp3) is 0.278. The number of nitrogens with zero attached hydrogens (tertiary/aromatic N) is 4. The molecule has 10 heteroatoms. The molecular formula is C18H21N7O2S. The van der Waals surface area contributed by atoms with Crippen LogP contribution < -0.4 is 16.9 Å². The molecule has 0 atom stereocenters. The average molecular weight is 399 g/mol. The summed E-state index contributed by atoms with van der Waals surface area (Å²) in [5.74, 6) is 5.87. The molecule has 2 heterocycles. The zero-order valence-electron chi connectivity index (χ0n) is 15.2. The van der Waals surface area contributed by atoms with Gasteiger partial charge in [-0.1, -0.05) is 23.5 Å². The number of anilines is 1. The van der Waals surface area contributed by atoms with E-state index < -0.39 is 0 Å². The monoisotopic (exact) mass is 399 g/mol. The van der Waals surface area contributed by atoms with Gasteiger partial charge in [-0.05, 0) is 31.2 Å². The van der Waals surface area contributed by atoms with Gasteiger partial charge in [0.1, 0.15) is 5.71 Å². The maximum atomic E-state index is 12.4. The van der Waals surface area contributed by atoms with Crippen LogP contribution in [0.25, 0.3) is 5.76 Å². The van der Waals surface area contributed by atoms with Gasteiger partial charge in [0, 0.05) is 30.3 Å². The minimum atomic E-state index is -0.279. The van der Waals surface area contributed by atoms with Gasteiger partial charge >= 0.3 is 0 Å². The van der Waals surface area contributed by atoms with Gasteiger partial charge in [0.05, 0.1) is 6.61 Å². The number of hydrazone groups is 1. The zero-order chi connectivity index (χ0) is 19.8. The van der Waals surface area contributed by atoms with Gasteiger partial charge in [0.15, 0.2) is 10.8 Å². The van der Waals surface area contributed by atoms with Crippen LogP contribution in [-0.2, 0) is 4.74 Å². The van der Waals surface area contributed by atoms with Gasteiger partial charge in [-0.25, -0.2) is 0 Å². The predicted molar refractivity (Wildman–Crippen MR) is 111 cm³/mol. The molecule has 1 aliphatic heterocycles. The first-order valence-electron chi connectivity index (χ1n) is 8.77. The minimum absolute atomic E-state index is 0.279. The van der Waals surface area contributed by atoms with E-state index in [9.17, 15) is 4.79 Å². The number of amides is 1. The lowest BCUT2D eigenvalue weighted by atomic mass is 10.1. The molecule has 3 rings (SSSR count). The number of nitrogens with two attached hydrogens (primary N) is 2. The highest BCUT2D eigenvalue weighted by molar-refractivity contribution is 7.16. The summed E-state index contributed by atoms with van der Waals surface area (Å²) in [6, 6.07) is 6.90. The molecule has 0 bridgehead atoms. The predicted octanol–water partition coefficient (Wildman–Crippen LogP) is 1.63. The Morgan fingerprint density at radius 2 is 2.07 bits per heavy atom. The molecule has 0 saturated carbocycles. The fourth-order valence-electron chi connectivity index (χ4n) is 2.42. The van der Waals surface area contributed by atoms with Crippen molar-refractivity contribution in [2.45, 2.75) is 12.8 Å². The maximum Gasteiger partial charge on any atom is 0.257 e. The molecule has 0 fully saturated rings. The third-order valence-corrected chi connectivity index (χ3v) is 4.70. The number of hydrogen-bond donors (Lipinski definition) is 3. The molecule has 0 unspecified atom stereocenters. The number of aliphatic imine (C=N–C) groups is 1. The van der Waals surface area contributed by atoms with Crippen LogP contribution in [0.1, 0.15) is 33.8 Å². The first-order chi connectivity index (χ1) is 13.7. The maximum absolute atomic E-state index is 12.4. The Morgan fingerprint density at radius 3 is 2.75 bits per heavy atom.